The van der Waals surface area contributed by atoms with Crippen molar-refractivity contribution in [1.29, 1.82) is 0 Å². The minimum atomic E-state index is -3.50. The molecule has 0 saturated carbocycles. The van der Waals surface area contributed by atoms with Crippen LogP contribution in [0.3, 0.4) is 0 Å². The molecule has 0 aliphatic heterocycles. The Balaban J connectivity index is 4.14. The van der Waals surface area contributed by atoms with Gasteiger partial charge in [0.15, 0.2) is 0 Å². The van der Waals surface area contributed by atoms with E-state index in [0.29, 0.717) is 0 Å². The third kappa shape index (κ3) is 5.99. The second kappa shape index (κ2) is 5.36. The molecule has 1 N–H and O–H groups in total. The Morgan fingerprint density at radius 1 is 1.64 bits per heavy atom. The summed E-state index contributed by atoms with van der Waals surface area (Å²) in [6, 6.07) is 0. The molecule has 0 bridgehead atoms. The number of allylic oxidation sites excluding steroid dienone is 2. The minimum Gasteiger partial charge on any atom is -0.324 e. The molecule has 14 heavy (non-hydrogen) atoms. The number of hydrogen-bond acceptors (Lipinski definition) is 2. The van der Waals surface area contributed by atoms with E-state index in [1.54, 1.807) is 32.9 Å². The molecule has 0 aromatic heterocycles. The fraction of sp³-hybridized carbons (Fsp3) is 0.600. The average molecular weight is 216 g/mol. The monoisotopic (exact) mass is 216 g/mol. The smallest absolute Gasteiger partial charge is 0.324 e. The van der Waals surface area contributed by atoms with Crippen LogP contribution in [0.25, 0.3) is 0 Å². The second-order valence-electron chi connectivity index (χ2n) is 3.69. The first kappa shape index (κ1) is 13.4. The average Bonchev–Trinajstić information content (AvgIpc) is 2.12. The zero-order valence-electron chi connectivity index (χ0n) is 8.86. The van der Waals surface area contributed by atoms with Gasteiger partial charge in [0.1, 0.15) is 0 Å². The standard InChI is InChI=1S/C10H17O3P/c1-5-7-8-14(11,12)13-9-10(3,4)6-2/h2,5,7H,8-9H2,1,3-4H3,(H,11,12). The SMILES string of the molecule is C#CC(C)(C)COP(=O)(O)CC=CC. The van der Waals surface area contributed by atoms with Gasteiger partial charge in [-0.25, -0.2) is 0 Å². The highest BCUT2D eigenvalue weighted by molar-refractivity contribution is 7.53. The highest BCUT2D eigenvalue weighted by Gasteiger charge is 2.22. The Morgan fingerprint density at radius 2 is 2.21 bits per heavy atom. The van der Waals surface area contributed by atoms with Crippen molar-refractivity contribution in [2.45, 2.75) is 20.8 Å². The Kier molecular flexibility index (Phi) is 5.15. The second-order valence-corrected chi connectivity index (χ2v) is 5.59. The minimum absolute atomic E-state index is 0.0319. The van der Waals surface area contributed by atoms with Crippen LogP contribution >= 0.6 is 7.60 Å². The predicted molar refractivity (Wildman–Crippen MR) is 58.1 cm³/mol. The van der Waals surface area contributed by atoms with Gasteiger partial charge in [-0.3, -0.25) is 4.57 Å². The highest BCUT2D eigenvalue weighted by Crippen LogP contribution is 2.43. The molecule has 0 amide bonds. The number of hydrogen-bond donors (Lipinski definition) is 1. The van der Waals surface area contributed by atoms with Crippen molar-refractivity contribution in [2.75, 3.05) is 12.8 Å². The van der Waals surface area contributed by atoms with Gasteiger partial charge in [-0.2, -0.15) is 0 Å². The zero-order chi connectivity index (χ0) is 11.2. The Labute approximate surface area is 85.7 Å². The molecule has 0 aromatic rings. The third-order valence-electron chi connectivity index (χ3n) is 1.59. The number of rotatable bonds is 5. The molecule has 1 atom stereocenters. The molecule has 0 fully saturated rings. The van der Waals surface area contributed by atoms with Gasteiger partial charge in [-0.15, -0.1) is 6.42 Å². The van der Waals surface area contributed by atoms with Crippen LogP contribution in [0.1, 0.15) is 20.8 Å². The summed E-state index contributed by atoms with van der Waals surface area (Å²) in [5, 5.41) is 0. The zero-order valence-corrected chi connectivity index (χ0v) is 9.75. The molecular formula is C10H17O3P. The summed E-state index contributed by atoms with van der Waals surface area (Å²) in [7, 11) is -3.50. The molecular weight excluding hydrogens is 199 g/mol. The maximum atomic E-state index is 11.3. The topological polar surface area (TPSA) is 46.5 Å². The summed E-state index contributed by atoms with van der Waals surface area (Å²) in [5.74, 6) is 2.49. The summed E-state index contributed by atoms with van der Waals surface area (Å²) in [5.41, 5.74) is -0.506. The Bertz CT molecular complexity index is 286. The fourth-order valence-corrected chi connectivity index (χ4v) is 1.70. The van der Waals surface area contributed by atoms with Gasteiger partial charge in [0, 0.05) is 5.41 Å². The molecule has 0 rings (SSSR count). The molecule has 4 heteroatoms. The van der Waals surface area contributed by atoms with Crippen molar-refractivity contribution in [2.24, 2.45) is 5.41 Å². The summed E-state index contributed by atoms with van der Waals surface area (Å²) in [6.07, 6.45) is 8.56. The lowest BCUT2D eigenvalue weighted by molar-refractivity contribution is 0.200. The molecule has 80 valence electrons. The van der Waals surface area contributed by atoms with Crippen LogP contribution in [-0.2, 0) is 9.09 Å². The van der Waals surface area contributed by atoms with Crippen molar-refractivity contribution in [3.8, 4) is 12.3 Å². The van der Waals surface area contributed by atoms with Gasteiger partial charge in [0.05, 0.1) is 12.8 Å². The van der Waals surface area contributed by atoms with E-state index >= 15 is 0 Å². The van der Waals surface area contributed by atoms with Crippen molar-refractivity contribution >= 4 is 7.60 Å². The lowest BCUT2D eigenvalue weighted by Gasteiger charge is -2.19. The molecule has 1 unspecified atom stereocenters. The van der Waals surface area contributed by atoms with Crippen molar-refractivity contribution in [3.63, 3.8) is 0 Å². The van der Waals surface area contributed by atoms with E-state index in [2.05, 4.69) is 5.92 Å². The molecule has 0 aromatic carbocycles. The van der Waals surface area contributed by atoms with E-state index in [0.717, 1.165) is 0 Å². The maximum absolute atomic E-state index is 11.3. The van der Waals surface area contributed by atoms with Gasteiger partial charge in [0.2, 0.25) is 0 Å². The van der Waals surface area contributed by atoms with E-state index in [1.807, 2.05) is 0 Å². The van der Waals surface area contributed by atoms with Crippen molar-refractivity contribution < 1.29 is 14.0 Å². The third-order valence-corrected chi connectivity index (χ3v) is 2.79. The lowest BCUT2D eigenvalue weighted by Crippen LogP contribution is -2.16. The van der Waals surface area contributed by atoms with Gasteiger partial charge in [-0.05, 0) is 20.8 Å². The first-order valence-electron chi connectivity index (χ1n) is 4.38. The van der Waals surface area contributed by atoms with Gasteiger partial charge in [-0.1, -0.05) is 18.1 Å². The van der Waals surface area contributed by atoms with E-state index in [1.165, 1.54) is 0 Å². The highest BCUT2D eigenvalue weighted by atomic mass is 31.2. The van der Waals surface area contributed by atoms with Crippen LogP contribution in [0.5, 0.6) is 0 Å². The normalized spacial score (nSPS) is 16.5. The maximum Gasteiger partial charge on any atom is 0.331 e. The quantitative estimate of drug-likeness (QED) is 0.436. The van der Waals surface area contributed by atoms with Crippen LogP contribution in [0.15, 0.2) is 12.2 Å². The van der Waals surface area contributed by atoms with Crippen molar-refractivity contribution in [1.82, 2.24) is 0 Å². The van der Waals surface area contributed by atoms with Crippen LogP contribution in [0.2, 0.25) is 0 Å². The summed E-state index contributed by atoms with van der Waals surface area (Å²) < 4.78 is 16.3. The molecule has 0 spiro atoms. The largest absolute Gasteiger partial charge is 0.331 e. The van der Waals surface area contributed by atoms with Gasteiger partial charge < -0.3 is 9.42 Å². The Morgan fingerprint density at radius 3 is 2.64 bits per heavy atom. The number of terminal acetylenes is 1. The van der Waals surface area contributed by atoms with Crippen LogP contribution in [0.4, 0.5) is 0 Å². The molecule has 0 aliphatic carbocycles. The van der Waals surface area contributed by atoms with Gasteiger partial charge >= 0.3 is 7.60 Å². The first-order chi connectivity index (χ1) is 6.33. The molecule has 0 radical (unpaired) electrons. The summed E-state index contributed by atoms with van der Waals surface area (Å²) in [6.45, 7) is 5.44. The molecule has 0 saturated heterocycles. The lowest BCUT2D eigenvalue weighted by atomic mass is 9.97. The van der Waals surface area contributed by atoms with Gasteiger partial charge in [0.25, 0.3) is 0 Å². The van der Waals surface area contributed by atoms with Crippen LogP contribution in [-0.4, -0.2) is 17.7 Å². The molecule has 0 heterocycles. The fourth-order valence-electron chi connectivity index (χ4n) is 0.595. The van der Waals surface area contributed by atoms with E-state index in [-0.39, 0.29) is 12.8 Å². The van der Waals surface area contributed by atoms with E-state index in [9.17, 15) is 9.46 Å². The van der Waals surface area contributed by atoms with E-state index in [4.69, 9.17) is 10.9 Å². The van der Waals surface area contributed by atoms with Crippen LogP contribution < -0.4 is 0 Å². The first-order valence-corrected chi connectivity index (χ1v) is 6.14. The predicted octanol–water partition coefficient (Wildman–Crippen LogP) is 2.42. The van der Waals surface area contributed by atoms with E-state index < -0.39 is 13.0 Å². The molecule has 0 aliphatic rings. The summed E-state index contributed by atoms with van der Waals surface area (Å²) in [4.78, 5) is 9.32. The van der Waals surface area contributed by atoms with Crippen molar-refractivity contribution in [3.05, 3.63) is 12.2 Å². The summed E-state index contributed by atoms with van der Waals surface area (Å²) >= 11 is 0. The molecule has 3 nitrogen and oxygen atoms in total. The Hall–Kier alpha value is -0.550. The van der Waals surface area contributed by atoms with Crippen LogP contribution in [0, 0.1) is 17.8 Å².